The van der Waals surface area contributed by atoms with E-state index in [0.717, 1.165) is 16.8 Å². The van der Waals surface area contributed by atoms with E-state index >= 15 is 0 Å². The summed E-state index contributed by atoms with van der Waals surface area (Å²) in [6, 6.07) is 8.56. The Balaban J connectivity index is 2.82. The molecular formula is C12H16BrCl. The third kappa shape index (κ3) is 3.29. The summed E-state index contributed by atoms with van der Waals surface area (Å²) in [6.45, 7) is 4.50. The van der Waals surface area contributed by atoms with Gasteiger partial charge in [-0.2, -0.15) is 0 Å². The van der Waals surface area contributed by atoms with E-state index in [2.05, 4.69) is 54.0 Å². The van der Waals surface area contributed by atoms with Gasteiger partial charge in [0.05, 0.1) is 0 Å². The van der Waals surface area contributed by atoms with Gasteiger partial charge in [0.2, 0.25) is 0 Å². The second-order valence-electron chi connectivity index (χ2n) is 3.88. The van der Waals surface area contributed by atoms with Crippen LogP contribution < -0.4 is 0 Å². The lowest BCUT2D eigenvalue weighted by atomic mass is 9.86. The second-order valence-corrected chi connectivity index (χ2v) is 5.17. The highest BCUT2D eigenvalue weighted by Crippen LogP contribution is 2.29. The Hall–Kier alpha value is -0.0100. The SMILES string of the molecule is CC(C)C(CCCl)c1ccc(Br)cc1. The van der Waals surface area contributed by atoms with Crippen LogP contribution >= 0.6 is 27.5 Å². The van der Waals surface area contributed by atoms with Crippen molar-refractivity contribution in [3.05, 3.63) is 34.3 Å². The van der Waals surface area contributed by atoms with Crippen LogP contribution in [0.25, 0.3) is 0 Å². The Labute approximate surface area is 99.8 Å². The molecule has 0 nitrogen and oxygen atoms in total. The molecule has 1 aromatic carbocycles. The molecule has 0 fully saturated rings. The highest BCUT2D eigenvalue weighted by Gasteiger charge is 2.14. The van der Waals surface area contributed by atoms with Crippen molar-refractivity contribution in [2.24, 2.45) is 5.92 Å². The number of benzene rings is 1. The van der Waals surface area contributed by atoms with Crippen LogP contribution in [0.1, 0.15) is 31.7 Å². The zero-order chi connectivity index (χ0) is 10.6. The zero-order valence-corrected chi connectivity index (χ0v) is 11.0. The molecule has 78 valence electrons. The molecule has 0 radical (unpaired) electrons. The summed E-state index contributed by atoms with van der Waals surface area (Å²) in [5.74, 6) is 1.97. The van der Waals surface area contributed by atoms with Crippen molar-refractivity contribution < 1.29 is 0 Å². The molecule has 0 N–H and O–H groups in total. The first-order valence-electron chi connectivity index (χ1n) is 4.96. The minimum atomic E-state index is 0.584. The smallest absolute Gasteiger partial charge is 0.0229 e. The topological polar surface area (TPSA) is 0 Å². The van der Waals surface area contributed by atoms with E-state index in [1.54, 1.807) is 0 Å². The van der Waals surface area contributed by atoms with Crippen molar-refractivity contribution in [1.29, 1.82) is 0 Å². The van der Waals surface area contributed by atoms with E-state index in [1.807, 2.05) is 0 Å². The predicted octanol–water partition coefficient (Wildman–Crippen LogP) is 4.82. The van der Waals surface area contributed by atoms with Crippen LogP contribution in [0.3, 0.4) is 0 Å². The first-order valence-corrected chi connectivity index (χ1v) is 6.29. The molecule has 0 heterocycles. The first-order chi connectivity index (χ1) is 6.65. The van der Waals surface area contributed by atoms with Gasteiger partial charge in [-0.25, -0.2) is 0 Å². The molecule has 0 spiro atoms. The maximum atomic E-state index is 5.81. The Morgan fingerprint density at radius 1 is 1.21 bits per heavy atom. The van der Waals surface area contributed by atoms with Crippen molar-refractivity contribution in [3.8, 4) is 0 Å². The van der Waals surface area contributed by atoms with Crippen LogP contribution in [0.4, 0.5) is 0 Å². The Bertz CT molecular complexity index is 266. The lowest BCUT2D eigenvalue weighted by Gasteiger charge is -2.20. The molecule has 0 bridgehead atoms. The molecule has 0 aliphatic rings. The first kappa shape index (κ1) is 12.1. The zero-order valence-electron chi connectivity index (χ0n) is 8.63. The maximum Gasteiger partial charge on any atom is 0.0229 e. The average Bonchev–Trinajstić information content (AvgIpc) is 2.15. The van der Waals surface area contributed by atoms with Crippen molar-refractivity contribution in [1.82, 2.24) is 0 Å². The van der Waals surface area contributed by atoms with E-state index in [1.165, 1.54) is 5.56 Å². The van der Waals surface area contributed by atoms with E-state index in [0.29, 0.717) is 11.8 Å². The molecule has 14 heavy (non-hydrogen) atoms. The number of alkyl halides is 1. The van der Waals surface area contributed by atoms with Crippen LogP contribution in [-0.4, -0.2) is 5.88 Å². The highest BCUT2D eigenvalue weighted by atomic mass is 79.9. The van der Waals surface area contributed by atoms with E-state index in [4.69, 9.17) is 11.6 Å². The van der Waals surface area contributed by atoms with Gasteiger partial charge in [0, 0.05) is 10.4 Å². The molecule has 2 heteroatoms. The van der Waals surface area contributed by atoms with Crippen molar-refractivity contribution in [3.63, 3.8) is 0 Å². The third-order valence-electron chi connectivity index (χ3n) is 2.52. The molecule has 1 atom stereocenters. The predicted molar refractivity (Wildman–Crippen MR) is 67.1 cm³/mol. The van der Waals surface area contributed by atoms with Crippen LogP contribution in [0.15, 0.2) is 28.7 Å². The lowest BCUT2D eigenvalue weighted by molar-refractivity contribution is 0.487. The van der Waals surface area contributed by atoms with Gasteiger partial charge in [-0.3, -0.25) is 0 Å². The van der Waals surface area contributed by atoms with Crippen LogP contribution in [-0.2, 0) is 0 Å². The van der Waals surface area contributed by atoms with Gasteiger partial charge in [0.15, 0.2) is 0 Å². The lowest BCUT2D eigenvalue weighted by Crippen LogP contribution is -2.07. The Kier molecular flexibility index (Phi) is 4.97. The number of hydrogen-bond acceptors (Lipinski definition) is 0. The van der Waals surface area contributed by atoms with E-state index in [-0.39, 0.29) is 0 Å². The number of rotatable bonds is 4. The molecule has 0 saturated carbocycles. The molecule has 0 aromatic heterocycles. The van der Waals surface area contributed by atoms with Crippen molar-refractivity contribution >= 4 is 27.5 Å². The quantitative estimate of drug-likeness (QED) is 0.691. The van der Waals surface area contributed by atoms with Gasteiger partial charge in [-0.1, -0.05) is 41.9 Å². The maximum absolute atomic E-state index is 5.81. The summed E-state index contributed by atoms with van der Waals surface area (Å²) in [7, 11) is 0. The molecule has 0 aliphatic carbocycles. The van der Waals surface area contributed by atoms with Crippen LogP contribution in [0.5, 0.6) is 0 Å². The third-order valence-corrected chi connectivity index (χ3v) is 3.27. The summed E-state index contributed by atoms with van der Waals surface area (Å²) < 4.78 is 1.13. The number of halogens is 2. The molecule has 1 rings (SSSR count). The molecule has 1 unspecified atom stereocenters. The summed E-state index contributed by atoms with van der Waals surface area (Å²) in [5.41, 5.74) is 1.39. The monoisotopic (exact) mass is 274 g/mol. The fourth-order valence-corrected chi connectivity index (χ4v) is 2.21. The molecule has 0 aliphatic heterocycles. The number of hydrogen-bond donors (Lipinski definition) is 0. The Morgan fingerprint density at radius 3 is 2.21 bits per heavy atom. The molecule has 0 saturated heterocycles. The van der Waals surface area contributed by atoms with Gasteiger partial charge in [0.25, 0.3) is 0 Å². The van der Waals surface area contributed by atoms with Crippen molar-refractivity contribution in [2.75, 3.05) is 5.88 Å². The van der Waals surface area contributed by atoms with E-state index in [9.17, 15) is 0 Å². The van der Waals surface area contributed by atoms with Crippen LogP contribution in [0.2, 0.25) is 0 Å². The summed E-state index contributed by atoms with van der Waals surface area (Å²) in [4.78, 5) is 0. The minimum absolute atomic E-state index is 0.584. The normalized spacial score (nSPS) is 13.2. The fraction of sp³-hybridized carbons (Fsp3) is 0.500. The summed E-state index contributed by atoms with van der Waals surface area (Å²) >= 11 is 9.26. The summed E-state index contributed by atoms with van der Waals surface area (Å²) in [6.07, 6.45) is 1.06. The Morgan fingerprint density at radius 2 is 1.79 bits per heavy atom. The van der Waals surface area contributed by atoms with Gasteiger partial charge in [-0.05, 0) is 36.0 Å². The minimum Gasteiger partial charge on any atom is -0.127 e. The molecule has 0 amide bonds. The van der Waals surface area contributed by atoms with Gasteiger partial charge < -0.3 is 0 Å². The van der Waals surface area contributed by atoms with Crippen molar-refractivity contribution in [2.45, 2.75) is 26.2 Å². The van der Waals surface area contributed by atoms with Gasteiger partial charge >= 0.3 is 0 Å². The standard InChI is InChI=1S/C12H16BrCl/c1-9(2)12(7-8-14)10-3-5-11(13)6-4-10/h3-6,9,12H,7-8H2,1-2H3. The fourth-order valence-electron chi connectivity index (χ4n) is 1.71. The highest BCUT2D eigenvalue weighted by molar-refractivity contribution is 9.10. The van der Waals surface area contributed by atoms with Crippen LogP contribution in [0, 0.1) is 5.92 Å². The second kappa shape index (κ2) is 5.77. The molecule has 1 aromatic rings. The molecular weight excluding hydrogens is 259 g/mol. The van der Waals surface area contributed by atoms with Gasteiger partial charge in [-0.15, -0.1) is 11.6 Å². The van der Waals surface area contributed by atoms with Gasteiger partial charge in [0.1, 0.15) is 0 Å². The summed E-state index contributed by atoms with van der Waals surface area (Å²) in [5, 5.41) is 0. The largest absolute Gasteiger partial charge is 0.127 e. The average molecular weight is 276 g/mol. The van der Waals surface area contributed by atoms with E-state index < -0.39 is 0 Å².